The van der Waals surface area contributed by atoms with Gasteiger partial charge < -0.3 is 4.74 Å². The van der Waals surface area contributed by atoms with Crippen molar-refractivity contribution in [1.82, 2.24) is 9.97 Å². The zero-order valence-corrected chi connectivity index (χ0v) is 12.3. The summed E-state index contributed by atoms with van der Waals surface area (Å²) < 4.78 is 5.43. The van der Waals surface area contributed by atoms with Crippen LogP contribution in [0.3, 0.4) is 0 Å². The molecular formula is C15H15ClN2O2. The monoisotopic (exact) mass is 290 g/mol. The van der Waals surface area contributed by atoms with Gasteiger partial charge in [-0.1, -0.05) is 25.4 Å². The van der Waals surface area contributed by atoms with Crippen molar-refractivity contribution in [2.24, 2.45) is 0 Å². The third kappa shape index (κ3) is 3.14. The van der Waals surface area contributed by atoms with E-state index in [1.54, 1.807) is 6.07 Å². The molecule has 5 heteroatoms. The van der Waals surface area contributed by atoms with Crippen LogP contribution < -0.4 is 4.74 Å². The summed E-state index contributed by atoms with van der Waals surface area (Å²) in [6.45, 7) is 5.90. The first-order chi connectivity index (χ1) is 9.49. The molecule has 0 atom stereocenters. The van der Waals surface area contributed by atoms with Gasteiger partial charge in [-0.25, -0.2) is 9.78 Å². The van der Waals surface area contributed by atoms with Crippen molar-refractivity contribution < 1.29 is 9.53 Å². The lowest BCUT2D eigenvalue weighted by atomic mass is 10.0. The predicted octanol–water partition coefficient (Wildman–Crippen LogP) is 3.78. The molecular weight excluding hydrogens is 276 g/mol. The van der Waals surface area contributed by atoms with Crippen LogP contribution in [-0.4, -0.2) is 15.9 Å². The van der Waals surface area contributed by atoms with Crippen LogP contribution in [-0.2, 0) is 0 Å². The first-order valence-corrected chi connectivity index (χ1v) is 6.65. The normalized spacial score (nSPS) is 10.7. The van der Waals surface area contributed by atoms with Crippen LogP contribution in [0.15, 0.2) is 30.7 Å². The first-order valence-electron chi connectivity index (χ1n) is 6.27. The minimum atomic E-state index is -0.526. The molecule has 0 spiro atoms. The molecule has 0 aliphatic carbocycles. The van der Waals surface area contributed by atoms with E-state index >= 15 is 0 Å². The highest BCUT2D eigenvalue weighted by atomic mass is 35.5. The van der Waals surface area contributed by atoms with Gasteiger partial charge in [-0.2, -0.15) is 0 Å². The molecule has 4 nitrogen and oxygen atoms in total. The molecule has 0 radical (unpaired) electrons. The van der Waals surface area contributed by atoms with E-state index in [9.17, 15) is 4.79 Å². The molecule has 0 bridgehead atoms. The highest BCUT2D eigenvalue weighted by Gasteiger charge is 2.16. The fourth-order valence-corrected chi connectivity index (χ4v) is 1.94. The second-order valence-electron chi connectivity index (χ2n) is 4.77. The minimum absolute atomic E-state index is 0.176. The Bertz CT molecular complexity index is 627. The molecule has 2 aromatic rings. The largest absolute Gasteiger partial charge is 0.421 e. The minimum Gasteiger partial charge on any atom is -0.421 e. The topological polar surface area (TPSA) is 52.1 Å². The van der Waals surface area contributed by atoms with Crippen molar-refractivity contribution in [2.75, 3.05) is 0 Å². The summed E-state index contributed by atoms with van der Waals surface area (Å²) in [6, 6.07) is 3.60. The second kappa shape index (κ2) is 6.01. The maximum absolute atomic E-state index is 12.0. The predicted molar refractivity (Wildman–Crippen MR) is 77.3 cm³/mol. The summed E-state index contributed by atoms with van der Waals surface area (Å²) in [5.74, 6) is 0.178. The SMILES string of the molecule is Cc1cc(OC(=O)c2cnccn2)c(C(C)C)cc1Cl. The number of carbonyl (C=O) groups is 1. The van der Waals surface area contributed by atoms with E-state index in [4.69, 9.17) is 16.3 Å². The number of esters is 1. The first kappa shape index (κ1) is 14.5. The van der Waals surface area contributed by atoms with Crippen LogP contribution >= 0.6 is 11.6 Å². The fraction of sp³-hybridized carbons (Fsp3) is 0.267. The third-order valence-corrected chi connectivity index (χ3v) is 3.30. The number of hydrogen-bond acceptors (Lipinski definition) is 4. The van der Waals surface area contributed by atoms with Crippen molar-refractivity contribution >= 4 is 17.6 Å². The summed E-state index contributed by atoms with van der Waals surface area (Å²) in [7, 11) is 0. The summed E-state index contributed by atoms with van der Waals surface area (Å²) in [5.41, 5.74) is 1.92. The molecule has 0 fully saturated rings. The highest BCUT2D eigenvalue weighted by Crippen LogP contribution is 2.32. The van der Waals surface area contributed by atoms with Crippen LogP contribution in [0.25, 0.3) is 0 Å². The molecule has 104 valence electrons. The molecule has 1 heterocycles. The average Bonchev–Trinajstić information content (AvgIpc) is 2.43. The maximum atomic E-state index is 12.0. The van der Waals surface area contributed by atoms with Crippen LogP contribution in [0.4, 0.5) is 0 Å². The van der Waals surface area contributed by atoms with Gasteiger partial charge in [0.2, 0.25) is 0 Å². The van der Waals surface area contributed by atoms with Crippen molar-refractivity contribution in [3.63, 3.8) is 0 Å². The van der Waals surface area contributed by atoms with Gasteiger partial charge in [-0.15, -0.1) is 0 Å². The lowest BCUT2D eigenvalue weighted by molar-refractivity contribution is 0.0726. The lowest BCUT2D eigenvalue weighted by Crippen LogP contribution is -2.12. The van der Waals surface area contributed by atoms with Crippen molar-refractivity contribution in [3.8, 4) is 5.75 Å². The third-order valence-electron chi connectivity index (χ3n) is 2.89. The van der Waals surface area contributed by atoms with E-state index in [1.165, 1.54) is 18.6 Å². The Balaban J connectivity index is 2.34. The molecule has 20 heavy (non-hydrogen) atoms. The van der Waals surface area contributed by atoms with Gasteiger partial charge in [0.25, 0.3) is 0 Å². The number of rotatable bonds is 3. The number of benzene rings is 1. The Morgan fingerprint density at radius 1 is 1.30 bits per heavy atom. The summed E-state index contributed by atoms with van der Waals surface area (Å²) in [4.78, 5) is 19.8. The van der Waals surface area contributed by atoms with Crippen molar-refractivity contribution in [3.05, 3.63) is 52.6 Å². The number of hydrogen-bond donors (Lipinski definition) is 0. The maximum Gasteiger partial charge on any atom is 0.363 e. The van der Waals surface area contributed by atoms with Crippen LogP contribution in [0.1, 0.15) is 41.4 Å². The summed E-state index contributed by atoms with van der Waals surface area (Å²) in [5, 5.41) is 0.660. The smallest absolute Gasteiger partial charge is 0.363 e. The molecule has 0 N–H and O–H groups in total. The van der Waals surface area contributed by atoms with E-state index in [-0.39, 0.29) is 11.6 Å². The Kier molecular flexibility index (Phi) is 4.35. The Labute approximate surface area is 122 Å². The number of nitrogens with zero attached hydrogens (tertiary/aromatic N) is 2. The average molecular weight is 291 g/mol. The molecule has 0 amide bonds. The van der Waals surface area contributed by atoms with Gasteiger partial charge >= 0.3 is 5.97 Å². The van der Waals surface area contributed by atoms with Gasteiger partial charge in [-0.3, -0.25) is 4.98 Å². The molecule has 0 aliphatic heterocycles. The van der Waals surface area contributed by atoms with Gasteiger partial charge in [0.05, 0.1) is 6.20 Å². The summed E-state index contributed by atoms with van der Waals surface area (Å²) >= 11 is 6.12. The Morgan fingerprint density at radius 3 is 2.65 bits per heavy atom. The van der Waals surface area contributed by atoms with E-state index < -0.39 is 5.97 Å². The van der Waals surface area contributed by atoms with Crippen LogP contribution in [0.5, 0.6) is 5.75 Å². The quantitative estimate of drug-likeness (QED) is 0.637. The molecule has 2 rings (SSSR count). The number of carbonyl (C=O) groups excluding carboxylic acids is 1. The number of aryl methyl sites for hydroxylation is 1. The number of aromatic nitrogens is 2. The molecule has 1 aromatic carbocycles. The zero-order chi connectivity index (χ0) is 14.7. The van der Waals surface area contributed by atoms with Gasteiger partial charge in [0, 0.05) is 17.4 Å². The van der Waals surface area contributed by atoms with E-state index in [1.807, 2.05) is 26.8 Å². The molecule has 0 saturated heterocycles. The molecule has 0 aliphatic rings. The van der Waals surface area contributed by atoms with Crippen molar-refractivity contribution in [1.29, 1.82) is 0 Å². The zero-order valence-electron chi connectivity index (χ0n) is 11.6. The molecule has 0 saturated carbocycles. The van der Waals surface area contributed by atoms with E-state index in [0.717, 1.165) is 11.1 Å². The van der Waals surface area contributed by atoms with E-state index in [2.05, 4.69) is 9.97 Å². The lowest BCUT2D eigenvalue weighted by Gasteiger charge is -2.14. The number of halogens is 1. The Morgan fingerprint density at radius 2 is 2.05 bits per heavy atom. The molecule has 0 unspecified atom stereocenters. The van der Waals surface area contributed by atoms with Gasteiger partial charge in [0.15, 0.2) is 5.69 Å². The number of ether oxygens (including phenoxy) is 1. The van der Waals surface area contributed by atoms with Crippen LogP contribution in [0.2, 0.25) is 5.02 Å². The summed E-state index contributed by atoms with van der Waals surface area (Å²) in [6.07, 6.45) is 4.33. The van der Waals surface area contributed by atoms with E-state index in [0.29, 0.717) is 10.8 Å². The van der Waals surface area contributed by atoms with Crippen LogP contribution in [0, 0.1) is 6.92 Å². The standard InChI is InChI=1S/C15H15ClN2O2/c1-9(2)11-7-12(16)10(3)6-14(11)20-15(19)13-8-17-4-5-18-13/h4-9H,1-3H3. The molecule has 1 aromatic heterocycles. The fourth-order valence-electron chi connectivity index (χ4n) is 1.77. The Hall–Kier alpha value is -1.94. The van der Waals surface area contributed by atoms with Gasteiger partial charge in [0.1, 0.15) is 5.75 Å². The second-order valence-corrected chi connectivity index (χ2v) is 5.18. The van der Waals surface area contributed by atoms with Crippen molar-refractivity contribution in [2.45, 2.75) is 26.7 Å². The highest BCUT2D eigenvalue weighted by molar-refractivity contribution is 6.31. The van der Waals surface area contributed by atoms with Gasteiger partial charge in [-0.05, 0) is 36.1 Å².